The monoisotopic (exact) mass is 492 g/mol. The maximum absolute atomic E-state index is 12.9. The number of sulfonamides is 1. The Balaban J connectivity index is 1.35. The lowest BCUT2D eigenvalue weighted by atomic mass is 9.99. The van der Waals surface area contributed by atoms with Gasteiger partial charge >= 0.3 is 6.01 Å². The predicted molar refractivity (Wildman–Crippen MR) is 122 cm³/mol. The van der Waals surface area contributed by atoms with Gasteiger partial charge in [0.05, 0.1) is 16.6 Å². The zero-order valence-electron chi connectivity index (χ0n) is 17.0. The molecule has 11 heteroatoms. The minimum atomic E-state index is -3.71. The molecule has 8 nitrogen and oxygen atoms in total. The number of piperidine rings is 1. The molecular formula is C21H21ClN4O4S2. The molecule has 1 unspecified atom stereocenters. The summed E-state index contributed by atoms with van der Waals surface area (Å²) in [6, 6.07) is 15.8. The van der Waals surface area contributed by atoms with E-state index in [-0.39, 0.29) is 23.4 Å². The van der Waals surface area contributed by atoms with Gasteiger partial charge in [-0.1, -0.05) is 34.9 Å². The van der Waals surface area contributed by atoms with Crippen LogP contribution >= 0.6 is 23.4 Å². The summed E-state index contributed by atoms with van der Waals surface area (Å²) in [5, 5.41) is 10.9. The van der Waals surface area contributed by atoms with E-state index in [1.807, 2.05) is 30.3 Å². The highest BCUT2D eigenvalue weighted by Crippen LogP contribution is 2.26. The molecule has 0 spiro atoms. The number of halogens is 1. The van der Waals surface area contributed by atoms with Gasteiger partial charge in [-0.05, 0) is 49.2 Å². The molecule has 168 valence electrons. The molecule has 2 aromatic carbocycles. The third kappa shape index (κ3) is 5.50. The van der Waals surface area contributed by atoms with Crippen molar-refractivity contribution in [3.05, 3.63) is 65.5 Å². The SMILES string of the molecule is O=C(Nc1nnc(CSc2ccccc2)o1)C1CCCN(S(=O)(=O)c2ccc(Cl)cc2)C1. The number of anilines is 1. The van der Waals surface area contributed by atoms with Crippen molar-refractivity contribution in [1.82, 2.24) is 14.5 Å². The average Bonchev–Trinajstić information content (AvgIpc) is 3.26. The van der Waals surface area contributed by atoms with Gasteiger partial charge in [-0.3, -0.25) is 10.1 Å². The van der Waals surface area contributed by atoms with Crippen LogP contribution in [0.4, 0.5) is 6.01 Å². The van der Waals surface area contributed by atoms with Crippen molar-refractivity contribution in [3.63, 3.8) is 0 Å². The standard InChI is InChI=1S/C21H21ClN4O4S2/c22-16-8-10-18(11-9-16)32(28,29)26-12-4-5-15(13-26)20(27)23-21-25-24-19(30-21)14-31-17-6-2-1-3-7-17/h1-3,6-11,15H,4-5,12-14H2,(H,23,25,27). The average molecular weight is 493 g/mol. The lowest BCUT2D eigenvalue weighted by Gasteiger charge is -2.30. The molecular weight excluding hydrogens is 472 g/mol. The van der Waals surface area contributed by atoms with Crippen molar-refractivity contribution in [1.29, 1.82) is 0 Å². The molecule has 0 bridgehead atoms. The van der Waals surface area contributed by atoms with E-state index in [4.69, 9.17) is 16.0 Å². The second kappa shape index (κ2) is 10.0. The topological polar surface area (TPSA) is 105 Å². The van der Waals surface area contributed by atoms with E-state index >= 15 is 0 Å². The van der Waals surface area contributed by atoms with Gasteiger partial charge < -0.3 is 4.42 Å². The number of carbonyl (C=O) groups excluding carboxylic acids is 1. The molecule has 1 atom stereocenters. The molecule has 2 heterocycles. The van der Waals surface area contributed by atoms with Crippen molar-refractivity contribution in [2.45, 2.75) is 28.4 Å². The number of rotatable bonds is 7. The van der Waals surface area contributed by atoms with Gasteiger partial charge in [0.25, 0.3) is 0 Å². The predicted octanol–water partition coefficient (Wildman–Crippen LogP) is 4.05. The second-order valence-electron chi connectivity index (χ2n) is 7.25. The first-order valence-electron chi connectivity index (χ1n) is 9.98. The largest absolute Gasteiger partial charge is 0.407 e. The van der Waals surface area contributed by atoms with E-state index in [0.717, 1.165) is 4.90 Å². The van der Waals surface area contributed by atoms with Gasteiger partial charge in [0, 0.05) is 23.0 Å². The highest BCUT2D eigenvalue weighted by Gasteiger charge is 2.33. The molecule has 32 heavy (non-hydrogen) atoms. The zero-order chi connectivity index (χ0) is 22.6. The van der Waals surface area contributed by atoms with Crippen LogP contribution in [0.25, 0.3) is 0 Å². The molecule has 3 aromatic rings. The molecule has 4 rings (SSSR count). The van der Waals surface area contributed by atoms with Gasteiger partial charge in [0.2, 0.25) is 21.8 Å². The maximum Gasteiger partial charge on any atom is 0.322 e. The Morgan fingerprint density at radius 2 is 1.91 bits per heavy atom. The second-order valence-corrected chi connectivity index (χ2v) is 10.7. The first-order chi connectivity index (χ1) is 15.4. The van der Waals surface area contributed by atoms with Gasteiger partial charge in [-0.15, -0.1) is 16.9 Å². The Morgan fingerprint density at radius 1 is 1.16 bits per heavy atom. The van der Waals surface area contributed by atoms with Crippen molar-refractivity contribution in [3.8, 4) is 0 Å². The Labute approximate surface area is 195 Å². The van der Waals surface area contributed by atoms with E-state index in [9.17, 15) is 13.2 Å². The Morgan fingerprint density at radius 3 is 2.66 bits per heavy atom. The molecule has 1 amide bonds. The fourth-order valence-electron chi connectivity index (χ4n) is 3.36. The van der Waals surface area contributed by atoms with E-state index in [1.54, 1.807) is 11.8 Å². The van der Waals surface area contributed by atoms with Crippen LogP contribution in [0, 0.1) is 5.92 Å². The summed E-state index contributed by atoms with van der Waals surface area (Å²) >= 11 is 7.40. The molecule has 1 fully saturated rings. The number of nitrogens with zero attached hydrogens (tertiary/aromatic N) is 3. The number of nitrogens with one attached hydrogen (secondary N) is 1. The molecule has 0 saturated carbocycles. The summed E-state index contributed by atoms with van der Waals surface area (Å²) in [4.78, 5) is 13.9. The van der Waals surface area contributed by atoms with E-state index in [2.05, 4.69) is 15.5 Å². The van der Waals surface area contributed by atoms with Crippen LogP contribution < -0.4 is 5.32 Å². The van der Waals surface area contributed by atoms with Crippen LogP contribution in [0.1, 0.15) is 18.7 Å². The van der Waals surface area contributed by atoms with Crippen molar-refractivity contribution < 1.29 is 17.6 Å². The highest BCUT2D eigenvalue weighted by molar-refractivity contribution is 7.98. The van der Waals surface area contributed by atoms with Gasteiger partial charge in [-0.2, -0.15) is 4.31 Å². The van der Waals surface area contributed by atoms with Crippen LogP contribution in [0.5, 0.6) is 0 Å². The Kier molecular flexibility index (Phi) is 7.14. The summed E-state index contributed by atoms with van der Waals surface area (Å²) in [6.07, 6.45) is 1.15. The third-order valence-electron chi connectivity index (χ3n) is 5.01. The van der Waals surface area contributed by atoms with Crippen LogP contribution in [0.2, 0.25) is 5.02 Å². The number of hydrogen-bond donors (Lipinski definition) is 1. The van der Waals surface area contributed by atoms with Gasteiger partial charge in [-0.25, -0.2) is 8.42 Å². The van der Waals surface area contributed by atoms with Gasteiger partial charge in [0.15, 0.2) is 0 Å². The van der Waals surface area contributed by atoms with E-state index in [0.29, 0.717) is 36.1 Å². The molecule has 1 saturated heterocycles. The number of aromatic nitrogens is 2. The quantitative estimate of drug-likeness (QED) is 0.496. The van der Waals surface area contributed by atoms with Gasteiger partial charge in [0.1, 0.15) is 0 Å². The Bertz CT molecular complexity index is 1170. The fraction of sp³-hybridized carbons (Fsp3) is 0.286. The number of benzene rings is 2. The number of carbonyl (C=O) groups is 1. The van der Waals surface area contributed by atoms with Crippen LogP contribution in [0.3, 0.4) is 0 Å². The van der Waals surface area contributed by atoms with E-state index < -0.39 is 15.9 Å². The summed E-state index contributed by atoms with van der Waals surface area (Å²) in [5.41, 5.74) is 0. The lowest BCUT2D eigenvalue weighted by molar-refractivity contribution is -0.121. The maximum atomic E-state index is 12.9. The molecule has 0 aliphatic carbocycles. The molecule has 1 aliphatic rings. The third-order valence-corrected chi connectivity index (χ3v) is 8.14. The summed E-state index contributed by atoms with van der Waals surface area (Å²) in [5.74, 6) is 0.0141. The zero-order valence-corrected chi connectivity index (χ0v) is 19.4. The number of hydrogen-bond acceptors (Lipinski definition) is 7. The number of thioether (sulfide) groups is 1. The summed E-state index contributed by atoms with van der Waals surface area (Å²) in [7, 11) is -3.71. The minimum Gasteiger partial charge on any atom is -0.407 e. The van der Waals surface area contributed by atoms with E-state index in [1.165, 1.54) is 28.6 Å². The lowest BCUT2D eigenvalue weighted by Crippen LogP contribution is -2.43. The first-order valence-corrected chi connectivity index (χ1v) is 12.8. The van der Waals surface area contributed by atoms with Crippen molar-refractivity contribution in [2.24, 2.45) is 5.92 Å². The molecule has 1 aromatic heterocycles. The normalized spacial score (nSPS) is 17.2. The minimum absolute atomic E-state index is 0.0105. The van der Waals surface area contributed by atoms with Crippen LogP contribution in [-0.2, 0) is 20.6 Å². The van der Waals surface area contributed by atoms with Crippen LogP contribution in [0.15, 0.2) is 68.8 Å². The molecule has 0 radical (unpaired) electrons. The molecule has 1 N–H and O–H groups in total. The summed E-state index contributed by atoms with van der Waals surface area (Å²) < 4.78 is 32.7. The van der Waals surface area contributed by atoms with Crippen molar-refractivity contribution in [2.75, 3.05) is 18.4 Å². The first kappa shape index (κ1) is 22.8. The van der Waals surface area contributed by atoms with Crippen LogP contribution in [-0.4, -0.2) is 41.9 Å². The highest BCUT2D eigenvalue weighted by atomic mass is 35.5. The Hall–Kier alpha value is -2.40. The smallest absolute Gasteiger partial charge is 0.322 e. The number of amides is 1. The molecule has 1 aliphatic heterocycles. The fourth-order valence-corrected chi connectivity index (χ4v) is 5.77. The van der Waals surface area contributed by atoms with Crippen molar-refractivity contribution >= 4 is 45.3 Å². The summed E-state index contributed by atoms with van der Waals surface area (Å²) in [6.45, 7) is 0.442.